The van der Waals surface area contributed by atoms with Crippen LogP contribution in [0.25, 0.3) is 0 Å². The van der Waals surface area contributed by atoms with Crippen molar-refractivity contribution in [2.24, 2.45) is 11.7 Å². The highest BCUT2D eigenvalue weighted by Crippen LogP contribution is 2.19. The Kier molecular flexibility index (Phi) is 2.89. The molecule has 0 unspecified atom stereocenters. The molecule has 0 fully saturated rings. The van der Waals surface area contributed by atoms with Gasteiger partial charge in [0, 0.05) is 12.2 Å². The molecule has 11 heavy (non-hydrogen) atoms. The topological polar surface area (TPSA) is 64.1 Å². The van der Waals surface area contributed by atoms with Crippen LogP contribution in [-0.2, 0) is 6.42 Å². The SMILES string of the molecule is NN.c1ccc2c(c1)CCN2. The third-order valence-electron chi connectivity index (χ3n) is 1.73. The maximum Gasteiger partial charge on any atom is 0.0373 e. The molecule has 0 atom stereocenters. The zero-order valence-electron chi connectivity index (χ0n) is 6.38. The van der Waals surface area contributed by atoms with Gasteiger partial charge >= 0.3 is 0 Å². The van der Waals surface area contributed by atoms with Crippen molar-refractivity contribution in [2.75, 3.05) is 11.9 Å². The van der Waals surface area contributed by atoms with E-state index in [1.807, 2.05) is 0 Å². The van der Waals surface area contributed by atoms with Crippen LogP contribution in [0, 0.1) is 0 Å². The summed E-state index contributed by atoms with van der Waals surface area (Å²) in [6.45, 7) is 1.11. The van der Waals surface area contributed by atoms with E-state index in [0.29, 0.717) is 0 Å². The maximum absolute atomic E-state index is 4.00. The average Bonchev–Trinajstić information content (AvgIpc) is 2.55. The van der Waals surface area contributed by atoms with Crippen LogP contribution >= 0.6 is 0 Å². The Morgan fingerprint density at radius 3 is 2.64 bits per heavy atom. The number of rotatable bonds is 0. The molecule has 0 saturated carbocycles. The molecule has 0 amide bonds. The van der Waals surface area contributed by atoms with Crippen LogP contribution in [0.5, 0.6) is 0 Å². The molecule has 0 spiro atoms. The molecule has 1 aliphatic heterocycles. The number of nitrogens with two attached hydrogens (primary N) is 2. The molecule has 0 saturated heterocycles. The molecule has 2 rings (SSSR count). The van der Waals surface area contributed by atoms with E-state index in [1.54, 1.807) is 0 Å². The van der Waals surface area contributed by atoms with Crippen LogP contribution in [0.4, 0.5) is 5.69 Å². The summed E-state index contributed by atoms with van der Waals surface area (Å²) >= 11 is 0. The monoisotopic (exact) mass is 151 g/mol. The molecule has 1 aromatic carbocycles. The van der Waals surface area contributed by atoms with Crippen molar-refractivity contribution >= 4 is 5.69 Å². The Labute approximate surface area is 66.4 Å². The van der Waals surface area contributed by atoms with Gasteiger partial charge in [-0.1, -0.05) is 18.2 Å². The van der Waals surface area contributed by atoms with Crippen LogP contribution in [0.3, 0.4) is 0 Å². The van der Waals surface area contributed by atoms with Crippen molar-refractivity contribution in [3.63, 3.8) is 0 Å². The third-order valence-corrected chi connectivity index (χ3v) is 1.73. The van der Waals surface area contributed by atoms with Gasteiger partial charge in [0.1, 0.15) is 0 Å². The van der Waals surface area contributed by atoms with Gasteiger partial charge < -0.3 is 5.32 Å². The second kappa shape index (κ2) is 3.95. The summed E-state index contributed by atoms with van der Waals surface area (Å²) in [5, 5.41) is 3.30. The zero-order valence-corrected chi connectivity index (χ0v) is 6.38. The Balaban J connectivity index is 0.000000281. The third kappa shape index (κ3) is 1.69. The van der Waals surface area contributed by atoms with E-state index in [2.05, 4.69) is 41.3 Å². The first-order chi connectivity index (χ1) is 5.47. The van der Waals surface area contributed by atoms with E-state index in [4.69, 9.17) is 0 Å². The fourth-order valence-corrected chi connectivity index (χ4v) is 1.24. The highest BCUT2D eigenvalue weighted by atomic mass is 15.0. The molecule has 3 nitrogen and oxygen atoms in total. The minimum atomic E-state index is 1.11. The summed E-state index contributed by atoms with van der Waals surface area (Å²) in [6.07, 6.45) is 1.19. The number of benzene rings is 1. The molecule has 5 N–H and O–H groups in total. The minimum absolute atomic E-state index is 1.11. The lowest BCUT2D eigenvalue weighted by atomic mass is 10.2. The van der Waals surface area contributed by atoms with Crippen molar-refractivity contribution in [1.82, 2.24) is 0 Å². The van der Waals surface area contributed by atoms with Crippen molar-refractivity contribution in [1.29, 1.82) is 0 Å². The van der Waals surface area contributed by atoms with Gasteiger partial charge in [0.2, 0.25) is 0 Å². The average molecular weight is 151 g/mol. The smallest absolute Gasteiger partial charge is 0.0373 e. The molecular weight excluding hydrogens is 138 g/mol. The van der Waals surface area contributed by atoms with E-state index in [1.165, 1.54) is 17.7 Å². The van der Waals surface area contributed by atoms with E-state index in [-0.39, 0.29) is 0 Å². The van der Waals surface area contributed by atoms with Crippen molar-refractivity contribution in [3.8, 4) is 0 Å². The number of fused-ring (bicyclic) bond motifs is 1. The minimum Gasteiger partial charge on any atom is -0.384 e. The van der Waals surface area contributed by atoms with Crippen LogP contribution in [0.1, 0.15) is 5.56 Å². The van der Waals surface area contributed by atoms with E-state index in [0.717, 1.165) is 6.54 Å². The maximum atomic E-state index is 4.00. The lowest BCUT2D eigenvalue weighted by molar-refractivity contribution is 1.11. The number of hydrazine groups is 1. The van der Waals surface area contributed by atoms with Gasteiger partial charge in [-0.3, -0.25) is 11.7 Å². The Morgan fingerprint density at radius 1 is 1.18 bits per heavy atom. The lowest BCUT2D eigenvalue weighted by Crippen LogP contribution is -2.02. The first-order valence-corrected chi connectivity index (χ1v) is 3.62. The standard InChI is InChI=1S/C8H9N.H4N2/c1-2-4-8-7(3-1)5-6-9-8;1-2/h1-4,9H,5-6H2;1-2H2. The molecule has 1 heterocycles. The van der Waals surface area contributed by atoms with Gasteiger partial charge in [-0.15, -0.1) is 0 Å². The molecule has 60 valence electrons. The predicted molar refractivity (Wildman–Crippen MR) is 47.0 cm³/mol. The summed E-state index contributed by atoms with van der Waals surface area (Å²) in [7, 11) is 0. The van der Waals surface area contributed by atoms with Gasteiger partial charge in [0.15, 0.2) is 0 Å². The summed E-state index contributed by atoms with van der Waals surface area (Å²) in [4.78, 5) is 0. The van der Waals surface area contributed by atoms with Crippen LogP contribution < -0.4 is 17.0 Å². The highest BCUT2D eigenvalue weighted by Gasteiger charge is 2.05. The Hall–Kier alpha value is -1.06. The van der Waals surface area contributed by atoms with Gasteiger partial charge in [0.05, 0.1) is 0 Å². The Morgan fingerprint density at radius 2 is 1.91 bits per heavy atom. The van der Waals surface area contributed by atoms with Gasteiger partial charge in [0.25, 0.3) is 0 Å². The highest BCUT2D eigenvalue weighted by molar-refractivity contribution is 5.54. The van der Waals surface area contributed by atoms with Crippen molar-refractivity contribution in [3.05, 3.63) is 29.8 Å². The van der Waals surface area contributed by atoms with Crippen molar-refractivity contribution < 1.29 is 0 Å². The summed E-state index contributed by atoms with van der Waals surface area (Å²) in [6, 6.07) is 8.46. The summed E-state index contributed by atoms with van der Waals surface area (Å²) < 4.78 is 0. The van der Waals surface area contributed by atoms with Gasteiger partial charge in [-0.05, 0) is 18.1 Å². The fourth-order valence-electron chi connectivity index (χ4n) is 1.24. The molecule has 1 aliphatic rings. The molecule has 0 radical (unpaired) electrons. The van der Waals surface area contributed by atoms with Crippen molar-refractivity contribution in [2.45, 2.75) is 6.42 Å². The molecule has 0 aliphatic carbocycles. The second-order valence-electron chi connectivity index (χ2n) is 2.33. The van der Waals surface area contributed by atoms with Crippen LogP contribution in [-0.4, -0.2) is 6.54 Å². The fraction of sp³-hybridized carbons (Fsp3) is 0.250. The number of para-hydroxylation sites is 1. The first kappa shape index (κ1) is 8.04. The van der Waals surface area contributed by atoms with Gasteiger partial charge in [-0.25, -0.2) is 0 Å². The Bertz CT molecular complexity index is 199. The summed E-state index contributed by atoms with van der Waals surface area (Å²) in [5.41, 5.74) is 2.77. The molecular formula is C8H13N3. The largest absolute Gasteiger partial charge is 0.384 e. The van der Waals surface area contributed by atoms with E-state index in [9.17, 15) is 0 Å². The number of nitrogens with one attached hydrogen (secondary N) is 1. The number of anilines is 1. The van der Waals surface area contributed by atoms with E-state index < -0.39 is 0 Å². The molecule has 3 heteroatoms. The second-order valence-corrected chi connectivity index (χ2v) is 2.33. The van der Waals surface area contributed by atoms with Gasteiger partial charge in [-0.2, -0.15) is 0 Å². The summed E-state index contributed by atoms with van der Waals surface area (Å²) in [5.74, 6) is 8.00. The first-order valence-electron chi connectivity index (χ1n) is 3.62. The number of hydrogen-bond donors (Lipinski definition) is 3. The predicted octanol–water partition coefficient (Wildman–Crippen LogP) is 0.473. The van der Waals surface area contributed by atoms with E-state index >= 15 is 0 Å². The van der Waals surface area contributed by atoms with Crippen LogP contribution in [0.2, 0.25) is 0 Å². The molecule has 1 aromatic rings. The van der Waals surface area contributed by atoms with Crippen LogP contribution in [0.15, 0.2) is 24.3 Å². The molecule has 0 aromatic heterocycles. The quantitative estimate of drug-likeness (QED) is 0.373. The number of hydrogen-bond acceptors (Lipinski definition) is 3. The zero-order chi connectivity index (χ0) is 8.10. The molecule has 0 bridgehead atoms. The normalized spacial score (nSPS) is 12.5. The lowest BCUT2D eigenvalue weighted by Gasteiger charge is -1.94.